The Hall–Kier alpha value is 0.576. The Kier molecular flexibility index (Phi) is 7.25. The fraction of sp³-hybridized carbons (Fsp3) is 0.125. The smallest absolute Gasteiger partial charge is 1.00 e. The number of nitrogens with two attached hydrogens (primary N) is 1. The van der Waals surface area contributed by atoms with Gasteiger partial charge < -0.3 is 11.9 Å². The number of ether oxygens (including phenoxy) is 1. The molecule has 0 unspecified atom stereocenters. The van der Waals surface area contributed by atoms with Gasteiger partial charge in [0.2, 0.25) is 0 Å². The van der Waals surface area contributed by atoms with Crippen LogP contribution in [0.25, 0.3) is 0 Å². The molecule has 1 rings (SSSR count). The summed E-state index contributed by atoms with van der Waals surface area (Å²) in [4.78, 5) is 10.7. The van der Waals surface area contributed by atoms with Crippen LogP contribution in [0.4, 0.5) is 0 Å². The summed E-state index contributed by atoms with van der Waals surface area (Å²) in [5.41, 5.74) is 5.05. The minimum atomic E-state index is -0.475. The molecule has 66 valence electrons. The molecule has 0 heterocycles. The number of halogens is 1. The van der Waals surface area contributed by atoms with Crippen LogP contribution in [-0.4, -0.2) is 12.5 Å². The molecule has 2 N–H and O–H groups in total. The average Bonchev–Trinajstić information content (AvgIpc) is 2.04. The van der Waals surface area contributed by atoms with Crippen LogP contribution < -0.4 is 61.9 Å². The van der Waals surface area contributed by atoms with E-state index in [9.17, 15) is 4.79 Å². The summed E-state index contributed by atoms with van der Waals surface area (Å²) < 4.78 is 4.80. The quantitative estimate of drug-likeness (QED) is 0.372. The molecule has 1 aromatic carbocycles. The monoisotopic (exact) mass is 225 g/mol. The first kappa shape index (κ1) is 13.6. The molecule has 0 radical (unpaired) electrons. The van der Waals surface area contributed by atoms with Crippen molar-refractivity contribution in [3.05, 3.63) is 29.3 Å². The SMILES string of the molecule is NCC(=O)Oc1cccc(Cl)c1.[H-].[K+]. The number of benzene rings is 1. The first-order valence-corrected chi connectivity index (χ1v) is 3.76. The van der Waals surface area contributed by atoms with Gasteiger partial charge in [-0.05, 0) is 18.2 Å². The van der Waals surface area contributed by atoms with Crippen molar-refractivity contribution in [2.24, 2.45) is 5.73 Å². The van der Waals surface area contributed by atoms with Gasteiger partial charge in [-0.3, -0.25) is 4.79 Å². The normalized spacial score (nSPS) is 8.77. The third-order valence-corrected chi connectivity index (χ3v) is 1.43. The van der Waals surface area contributed by atoms with E-state index >= 15 is 0 Å². The van der Waals surface area contributed by atoms with Crippen molar-refractivity contribution in [2.75, 3.05) is 6.54 Å². The maximum Gasteiger partial charge on any atom is 1.00 e. The van der Waals surface area contributed by atoms with Gasteiger partial charge in [0.1, 0.15) is 5.75 Å². The van der Waals surface area contributed by atoms with Gasteiger partial charge in [0.05, 0.1) is 6.54 Å². The van der Waals surface area contributed by atoms with Crippen molar-refractivity contribution in [3.63, 3.8) is 0 Å². The Morgan fingerprint density at radius 2 is 2.31 bits per heavy atom. The van der Waals surface area contributed by atoms with E-state index in [2.05, 4.69) is 0 Å². The summed E-state index contributed by atoms with van der Waals surface area (Å²) in [7, 11) is 0. The Morgan fingerprint density at radius 1 is 1.62 bits per heavy atom. The van der Waals surface area contributed by atoms with Crippen molar-refractivity contribution in [1.82, 2.24) is 0 Å². The molecule has 1 aromatic rings. The summed E-state index contributed by atoms with van der Waals surface area (Å²) in [6, 6.07) is 6.58. The second-order valence-electron chi connectivity index (χ2n) is 2.14. The second kappa shape index (κ2) is 6.95. The van der Waals surface area contributed by atoms with Gasteiger partial charge in [-0.1, -0.05) is 17.7 Å². The number of esters is 1. The zero-order chi connectivity index (χ0) is 8.97. The van der Waals surface area contributed by atoms with Gasteiger partial charge >= 0.3 is 57.4 Å². The first-order chi connectivity index (χ1) is 5.72. The van der Waals surface area contributed by atoms with E-state index in [0.717, 1.165) is 0 Å². The number of carbonyl (C=O) groups excluding carboxylic acids is 1. The molecule has 0 aliphatic rings. The van der Waals surface area contributed by atoms with E-state index < -0.39 is 5.97 Å². The van der Waals surface area contributed by atoms with Crippen LogP contribution in [0, 0.1) is 0 Å². The largest absolute Gasteiger partial charge is 1.00 e. The predicted octanol–water partition coefficient (Wildman–Crippen LogP) is -1.68. The third-order valence-electron chi connectivity index (χ3n) is 1.19. The maximum absolute atomic E-state index is 10.7. The topological polar surface area (TPSA) is 52.3 Å². The summed E-state index contributed by atoms with van der Waals surface area (Å²) >= 11 is 5.65. The molecule has 5 heteroatoms. The van der Waals surface area contributed by atoms with Gasteiger partial charge in [0.25, 0.3) is 0 Å². The van der Waals surface area contributed by atoms with Crippen LogP contribution >= 0.6 is 11.6 Å². The molecule has 0 aliphatic carbocycles. The molecule has 3 nitrogen and oxygen atoms in total. The van der Waals surface area contributed by atoms with Gasteiger partial charge in [0, 0.05) is 5.02 Å². The van der Waals surface area contributed by atoms with Crippen molar-refractivity contribution in [3.8, 4) is 5.75 Å². The van der Waals surface area contributed by atoms with Crippen LogP contribution in [0.2, 0.25) is 5.02 Å². The minimum absolute atomic E-state index is 0. The number of hydrogen-bond acceptors (Lipinski definition) is 3. The zero-order valence-electron chi connectivity index (χ0n) is 8.29. The molecule has 0 fully saturated rings. The van der Waals surface area contributed by atoms with E-state index in [-0.39, 0.29) is 59.4 Å². The molecular weight excluding hydrogens is 217 g/mol. The number of carbonyl (C=O) groups is 1. The Labute approximate surface area is 125 Å². The summed E-state index contributed by atoms with van der Waals surface area (Å²) in [5.74, 6) is -0.0600. The predicted molar refractivity (Wildman–Crippen MR) is 47.3 cm³/mol. The van der Waals surface area contributed by atoms with Gasteiger partial charge in [0.15, 0.2) is 0 Å². The van der Waals surface area contributed by atoms with E-state index in [4.69, 9.17) is 22.1 Å². The molecule has 0 saturated carbocycles. The van der Waals surface area contributed by atoms with Gasteiger partial charge in [-0.2, -0.15) is 0 Å². The third kappa shape index (κ3) is 5.12. The van der Waals surface area contributed by atoms with E-state index in [0.29, 0.717) is 10.8 Å². The first-order valence-electron chi connectivity index (χ1n) is 3.38. The Bertz CT molecular complexity index is 298. The maximum atomic E-state index is 10.7. The van der Waals surface area contributed by atoms with Crippen molar-refractivity contribution >= 4 is 17.6 Å². The number of hydrogen-bond donors (Lipinski definition) is 1. The average molecular weight is 226 g/mol. The molecule has 13 heavy (non-hydrogen) atoms. The summed E-state index contributed by atoms with van der Waals surface area (Å²) in [5, 5.41) is 0.525. The number of rotatable bonds is 2. The molecule has 0 saturated heterocycles. The zero-order valence-corrected chi connectivity index (χ0v) is 11.2. The van der Waals surface area contributed by atoms with Crippen LogP contribution in [0.15, 0.2) is 24.3 Å². The van der Waals surface area contributed by atoms with Crippen LogP contribution in [0.3, 0.4) is 0 Å². The minimum Gasteiger partial charge on any atom is -1.00 e. The van der Waals surface area contributed by atoms with Gasteiger partial charge in [-0.15, -0.1) is 0 Å². The molecule has 0 bridgehead atoms. The summed E-state index contributed by atoms with van der Waals surface area (Å²) in [6.07, 6.45) is 0. The summed E-state index contributed by atoms with van der Waals surface area (Å²) in [6.45, 7) is -0.132. The van der Waals surface area contributed by atoms with Crippen LogP contribution in [-0.2, 0) is 4.79 Å². The second-order valence-corrected chi connectivity index (χ2v) is 2.57. The standard InChI is InChI=1S/C8H8ClNO2.K.H/c9-6-2-1-3-7(4-6)12-8(11)5-10;;/h1-4H,5,10H2;;/q;+1;-1. The Morgan fingerprint density at radius 3 is 2.85 bits per heavy atom. The fourth-order valence-corrected chi connectivity index (χ4v) is 0.884. The molecular formula is C8H9ClKNO2. The van der Waals surface area contributed by atoms with Crippen molar-refractivity contribution < 1.29 is 62.3 Å². The van der Waals surface area contributed by atoms with Gasteiger partial charge in [-0.25, -0.2) is 0 Å². The van der Waals surface area contributed by atoms with Crippen molar-refractivity contribution in [2.45, 2.75) is 0 Å². The molecule has 0 spiro atoms. The van der Waals surface area contributed by atoms with Crippen LogP contribution in [0.1, 0.15) is 1.43 Å². The molecule has 0 aromatic heterocycles. The van der Waals surface area contributed by atoms with E-state index in [1.54, 1.807) is 24.3 Å². The van der Waals surface area contributed by atoms with E-state index in [1.807, 2.05) is 0 Å². The molecule has 0 aliphatic heterocycles. The fourth-order valence-electron chi connectivity index (χ4n) is 0.704. The Balaban J connectivity index is 0. The van der Waals surface area contributed by atoms with E-state index in [1.165, 1.54) is 0 Å². The van der Waals surface area contributed by atoms with Crippen LogP contribution in [0.5, 0.6) is 5.75 Å². The molecule has 0 atom stereocenters. The molecule has 0 amide bonds. The van der Waals surface area contributed by atoms with Crippen molar-refractivity contribution in [1.29, 1.82) is 0 Å².